The third-order valence-corrected chi connectivity index (χ3v) is 2.53. The van der Waals surface area contributed by atoms with Crippen LogP contribution in [0.3, 0.4) is 0 Å². The molecule has 0 atom stereocenters. The lowest BCUT2D eigenvalue weighted by atomic mass is 10.2. The number of alkyl carbamates (subject to hydrolysis) is 1. The van der Waals surface area contributed by atoms with E-state index < -0.39 is 23.4 Å². The van der Waals surface area contributed by atoms with Crippen molar-refractivity contribution in [3.63, 3.8) is 0 Å². The summed E-state index contributed by atoms with van der Waals surface area (Å²) in [5.41, 5.74) is -0.317. The summed E-state index contributed by atoms with van der Waals surface area (Å²) < 4.78 is 10.2. The molecule has 1 rings (SSSR count). The highest BCUT2D eigenvalue weighted by atomic mass is 16.6. The fraction of sp³-hybridized carbons (Fsp3) is 0.529. The van der Waals surface area contributed by atoms with Crippen LogP contribution in [0.25, 0.3) is 0 Å². The molecule has 7 heteroatoms. The number of phenolic OH excluding ortho intramolecular Hbond substituents is 1. The zero-order valence-corrected chi connectivity index (χ0v) is 15.0. The van der Waals surface area contributed by atoms with Gasteiger partial charge in [-0.05, 0) is 59.2 Å². The molecular weight excluding hydrogens is 312 g/mol. The van der Waals surface area contributed by atoms with Gasteiger partial charge in [0, 0.05) is 6.54 Å². The van der Waals surface area contributed by atoms with Crippen LogP contribution in [-0.4, -0.2) is 28.5 Å². The second kappa shape index (κ2) is 7.42. The molecule has 0 aliphatic rings. The Kier molecular flexibility index (Phi) is 6.06. The third-order valence-electron chi connectivity index (χ3n) is 2.53. The number of carbonyl (C=O) groups is 2. The third kappa shape index (κ3) is 7.71. The van der Waals surface area contributed by atoms with E-state index in [-0.39, 0.29) is 18.0 Å². The molecule has 1 aromatic carbocycles. The second-order valence-electron chi connectivity index (χ2n) is 7.33. The largest absolute Gasteiger partial charge is 0.506 e. The van der Waals surface area contributed by atoms with E-state index in [4.69, 9.17) is 9.47 Å². The van der Waals surface area contributed by atoms with Gasteiger partial charge in [-0.15, -0.1) is 0 Å². The Hall–Kier alpha value is -2.44. The van der Waals surface area contributed by atoms with Crippen molar-refractivity contribution in [3.05, 3.63) is 23.8 Å². The first-order chi connectivity index (χ1) is 10.9. The van der Waals surface area contributed by atoms with Crippen LogP contribution in [-0.2, 0) is 16.0 Å². The molecule has 0 heterocycles. The van der Waals surface area contributed by atoms with Gasteiger partial charge in [-0.2, -0.15) is 0 Å². The maximum Gasteiger partial charge on any atom is 0.412 e. The highest BCUT2D eigenvalue weighted by Crippen LogP contribution is 2.25. The van der Waals surface area contributed by atoms with Crippen LogP contribution in [0.4, 0.5) is 15.3 Å². The molecule has 3 N–H and O–H groups in total. The molecule has 0 fully saturated rings. The number of hydrogen-bond donors (Lipinski definition) is 3. The Labute approximate surface area is 142 Å². The number of benzene rings is 1. The Morgan fingerprint density at radius 2 is 1.54 bits per heavy atom. The maximum atomic E-state index is 11.7. The number of hydrogen-bond acceptors (Lipinski definition) is 5. The molecule has 0 saturated carbocycles. The topological polar surface area (TPSA) is 96.9 Å². The van der Waals surface area contributed by atoms with Crippen LogP contribution in [0.5, 0.6) is 5.75 Å². The maximum absolute atomic E-state index is 11.7. The molecule has 0 spiro atoms. The highest BCUT2D eigenvalue weighted by molar-refractivity contribution is 5.86. The lowest BCUT2D eigenvalue weighted by molar-refractivity contribution is 0.0522. The minimum atomic E-state index is -0.655. The first kappa shape index (κ1) is 19.6. The summed E-state index contributed by atoms with van der Waals surface area (Å²) in [5, 5.41) is 15.0. The minimum absolute atomic E-state index is 0.121. The summed E-state index contributed by atoms with van der Waals surface area (Å²) in [6.45, 7) is 10.8. The fourth-order valence-corrected chi connectivity index (χ4v) is 1.69. The Morgan fingerprint density at radius 1 is 1.00 bits per heavy atom. The van der Waals surface area contributed by atoms with Crippen LogP contribution in [0.15, 0.2) is 18.2 Å². The van der Waals surface area contributed by atoms with Crippen molar-refractivity contribution in [1.29, 1.82) is 0 Å². The van der Waals surface area contributed by atoms with Gasteiger partial charge in [0.05, 0.1) is 5.69 Å². The summed E-state index contributed by atoms with van der Waals surface area (Å²) >= 11 is 0. The first-order valence-electron chi connectivity index (χ1n) is 7.64. The first-order valence-corrected chi connectivity index (χ1v) is 7.64. The molecule has 134 valence electrons. The van der Waals surface area contributed by atoms with Crippen LogP contribution in [0, 0.1) is 0 Å². The van der Waals surface area contributed by atoms with Crippen molar-refractivity contribution in [2.75, 3.05) is 5.32 Å². The Balaban J connectivity index is 2.62. The number of aromatic hydroxyl groups is 1. The van der Waals surface area contributed by atoms with Crippen molar-refractivity contribution in [1.82, 2.24) is 5.32 Å². The average molecular weight is 338 g/mol. The van der Waals surface area contributed by atoms with Gasteiger partial charge in [-0.3, -0.25) is 5.32 Å². The fourth-order valence-electron chi connectivity index (χ4n) is 1.69. The number of anilines is 1. The molecule has 0 aliphatic carbocycles. The summed E-state index contributed by atoms with van der Waals surface area (Å²) in [7, 11) is 0. The van der Waals surface area contributed by atoms with Crippen molar-refractivity contribution in [3.8, 4) is 5.75 Å². The number of ether oxygens (including phenoxy) is 2. The molecule has 2 amide bonds. The molecular formula is C17H26N2O5. The number of nitrogens with one attached hydrogen (secondary N) is 2. The van der Waals surface area contributed by atoms with E-state index in [9.17, 15) is 14.7 Å². The number of rotatable bonds is 3. The summed E-state index contributed by atoms with van der Waals surface area (Å²) in [6.07, 6.45) is -1.20. The van der Waals surface area contributed by atoms with Gasteiger partial charge in [-0.1, -0.05) is 6.07 Å². The minimum Gasteiger partial charge on any atom is -0.506 e. The molecule has 0 bridgehead atoms. The van der Waals surface area contributed by atoms with Crippen LogP contribution in [0.1, 0.15) is 47.1 Å². The second-order valence-corrected chi connectivity index (χ2v) is 7.33. The van der Waals surface area contributed by atoms with Gasteiger partial charge >= 0.3 is 12.2 Å². The standard InChI is InChI=1S/C17H26N2O5/c1-16(2,3)23-14(21)18-10-11-7-8-12(13(20)9-11)19-15(22)24-17(4,5)6/h7-9,20H,10H2,1-6H3,(H,18,21)(H,19,22). The summed E-state index contributed by atoms with van der Waals surface area (Å²) in [4.78, 5) is 23.3. The van der Waals surface area contributed by atoms with E-state index in [0.29, 0.717) is 5.56 Å². The van der Waals surface area contributed by atoms with E-state index in [1.54, 1.807) is 47.6 Å². The monoisotopic (exact) mass is 338 g/mol. The van der Waals surface area contributed by atoms with Gasteiger partial charge in [0.2, 0.25) is 0 Å². The quantitative estimate of drug-likeness (QED) is 0.729. The van der Waals surface area contributed by atoms with E-state index >= 15 is 0 Å². The van der Waals surface area contributed by atoms with Gasteiger partial charge < -0.3 is 19.9 Å². The average Bonchev–Trinajstić information content (AvgIpc) is 2.35. The van der Waals surface area contributed by atoms with E-state index in [1.165, 1.54) is 12.1 Å². The van der Waals surface area contributed by atoms with Gasteiger partial charge in [0.1, 0.15) is 17.0 Å². The van der Waals surface area contributed by atoms with Gasteiger partial charge in [0.25, 0.3) is 0 Å². The normalized spacial score (nSPS) is 11.6. The zero-order valence-electron chi connectivity index (χ0n) is 15.0. The van der Waals surface area contributed by atoms with Crippen LogP contribution in [0.2, 0.25) is 0 Å². The highest BCUT2D eigenvalue weighted by Gasteiger charge is 2.18. The molecule has 7 nitrogen and oxygen atoms in total. The van der Waals surface area contributed by atoms with Crippen molar-refractivity contribution < 1.29 is 24.2 Å². The number of carbonyl (C=O) groups excluding carboxylic acids is 2. The van der Waals surface area contributed by atoms with Gasteiger partial charge in [-0.25, -0.2) is 9.59 Å². The summed E-state index contributed by atoms with van der Waals surface area (Å²) in [5.74, 6) is -0.121. The lowest BCUT2D eigenvalue weighted by Crippen LogP contribution is -2.32. The van der Waals surface area contributed by atoms with Crippen molar-refractivity contribution >= 4 is 17.9 Å². The molecule has 0 aromatic heterocycles. The van der Waals surface area contributed by atoms with Crippen LogP contribution >= 0.6 is 0 Å². The molecule has 1 aromatic rings. The van der Waals surface area contributed by atoms with E-state index in [1.807, 2.05) is 0 Å². The molecule has 0 unspecified atom stereocenters. The lowest BCUT2D eigenvalue weighted by Gasteiger charge is -2.20. The molecule has 0 radical (unpaired) electrons. The predicted octanol–water partition coefficient (Wildman–Crippen LogP) is 3.76. The Bertz CT molecular complexity index is 600. The van der Waals surface area contributed by atoms with Gasteiger partial charge in [0.15, 0.2) is 0 Å². The molecule has 0 aliphatic heterocycles. The molecule has 24 heavy (non-hydrogen) atoms. The molecule has 0 saturated heterocycles. The van der Waals surface area contributed by atoms with E-state index in [2.05, 4.69) is 10.6 Å². The van der Waals surface area contributed by atoms with Crippen molar-refractivity contribution in [2.45, 2.75) is 59.3 Å². The number of phenols is 1. The Morgan fingerprint density at radius 3 is 2.04 bits per heavy atom. The van der Waals surface area contributed by atoms with E-state index in [0.717, 1.165) is 0 Å². The predicted molar refractivity (Wildman–Crippen MR) is 91.0 cm³/mol. The smallest absolute Gasteiger partial charge is 0.412 e. The van der Waals surface area contributed by atoms with Crippen molar-refractivity contribution in [2.24, 2.45) is 0 Å². The zero-order chi connectivity index (χ0) is 18.5. The van der Waals surface area contributed by atoms with Crippen LogP contribution < -0.4 is 10.6 Å². The SMILES string of the molecule is CC(C)(C)OC(=O)NCc1ccc(NC(=O)OC(C)(C)C)c(O)c1. The summed E-state index contributed by atoms with van der Waals surface area (Å²) in [6, 6.07) is 4.65. The number of amides is 2.